The number of halogens is 1. The second kappa shape index (κ2) is 13.2. The topological polar surface area (TPSA) is 123 Å². The summed E-state index contributed by atoms with van der Waals surface area (Å²) in [6.07, 6.45) is -0.710. The molecule has 41 heavy (non-hydrogen) atoms. The molecule has 3 amide bonds. The van der Waals surface area contributed by atoms with Gasteiger partial charge in [-0.1, -0.05) is 62.4 Å². The van der Waals surface area contributed by atoms with Gasteiger partial charge in [0.25, 0.3) is 0 Å². The molecule has 0 saturated heterocycles. The molecule has 0 aliphatic heterocycles. The highest BCUT2D eigenvalue weighted by atomic mass is 127. The number of amides is 3. The van der Waals surface area contributed by atoms with Gasteiger partial charge in [-0.3, -0.25) is 9.59 Å². The first-order valence-corrected chi connectivity index (χ1v) is 14.3. The zero-order chi connectivity index (χ0) is 29.7. The molecule has 3 N–H and O–H groups in total. The Morgan fingerprint density at radius 2 is 1.46 bits per heavy atom. The molecule has 3 aromatic rings. The summed E-state index contributed by atoms with van der Waals surface area (Å²) in [5.74, 6) is -1.81. The highest BCUT2D eigenvalue weighted by Gasteiger charge is 2.31. The number of nitrogens with one attached hydrogen (secondary N) is 3. The smallest absolute Gasteiger partial charge is 0.407 e. The second-order valence-corrected chi connectivity index (χ2v) is 11.3. The van der Waals surface area contributed by atoms with Crippen molar-refractivity contribution >= 4 is 52.2 Å². The molecule has 1 aliphatic rings. The van der Waals surface area contributed by atoms with Crippen molar-refractivity contribution in [3.8, 4) is 11.1 Å². The average molecular weight is 670 g/mol. The Labute approximate surface area is 252 Å². The van der Waals surface area contributed by atoms with E-state index in [1.807, 2.05) is 59.0 Å². The lowest BCUT2D eigenvalue weighted by Crippen LogP contribution is -2.53. The first-order valence-electron chi connectivity index (χ1n) is 13.2. The highest BCUT2D eigenvalue weighted by Crippen LogP contribution is 2.44. The lowest BCUT2D eigenvalue weighted by Gasteiger charge is -2.24. The fourth-order valence-corrected chi connectivity index (χ4v) is 5.53. The van der Waals surface area contributed by atoms with Crippen LogP contribution >= 0.6 is 22.6 Å². The maximum atomic E-state index is 13.1. The largest absolute Gasteiger partial charge is 0.465 e. The molecule has 1 aliphatic carbocycles. The Hall–Kier alpha value is -3.93. The van der Waals surface area contributed by atoms with Crippen LogP contribution in [0.15, 0.2) is 66.7 Å². The third kappa shape index (κ3) is 6.87. The molecule has 4 rings (SSSR count). The van der Waals surface area contributed by atoms with Gasteiger partial charge in [-0.05, 0) is 75.9 Å². The third-order valence-electron chi connectivity index (χ3n) is 6.96. The fraction of sp³-hybridized carbons (Fsp3) is 0.290. The van der Waals surface area contributed by atoms with E-state index >= 15 is 0 Å². The van der Waals surface area contributed by atoms with Gasteiger partial charge in [0.1, 0.15) is 18.7 Å². The number of anilines is 1. The number of fused-ring (bicyclic) bond motifs is 3. The van der Waals surface area contributed by atoms with Crippen molar-refractivity contribution in [3.05, 3.63) is 87.0 Å². The van der Waals surface area contributed by atoms with Crippen LogP contribution in [-0.4, -0.2) is 49.7 Å². The lowest BCUT2D eigenvalue weighted by atomic mass is 9.98. The fourth-order valence-electron chi connectivity index (χ4n) is 4.79. The van der Waals surface area contributed by atoms with Crippen LogP contribution in [0.4, 0.5) is 10.5 Å². The van der Waals surface area contributed by atoms with Crippen LogP contribution in [0, 0.1) is 9.49 Å². The van der Waals surface area contributed by atoms with Crippen molar-refractivity contribution in [1.29, 1.82) is 0 Å². The highest BCUT2D eigenvalue weighted by molar-refractivity contribution is 14.1. The van der Waals surface area contributed by atoms with E-state index in [4.69, 9.17) is 9.47 Å². The van der Waals surface area contributed by atoms with Crippen molar-refractivity contribution < 1.29 is 28.7 Å². The molecule has 0 radical (unpaired) electrons. The Morgan fingerprint density at radius 1 is 0.854 bits per heavy atom. The van der Waals surface area contributed by atoms with E-state index in [0.29, 0.717) is 14.8 Å². The number of benzene rings is 3. The van der Waals surface area contributed by atoms with Gasteiger partial charge in [0.05, 0.1) is 12.7 Å². The molecular weight excluding hydrogens is 637 g/mol. The zero-order valence-corrected chi connectivity index (χ0v) is 25.4. The van der Waals surface area contributed by atoms with Crippen LogP contribution in [0.1, 0.15) is 48.2 Å². The van der Waals surface area contributed by atoms with Crippen molar-refractivity contribution in [2.75, 3.05) is 19.0 Å². The van der Waals surface area contributed by atoms with Crippen LogP contribution in [0.2, 0.25) is 0 Å². The molecule has 0 heterocycles. The van der Waals surface area contributed by atoms with E-state index in [9.17, 15) is 19.2 Å². The SMILES string of the molecule is COC(=O)c1ccc(NC(=O)[C@H](C)NC(=O)[C@@H](NC(=O)OCC2c3ccccc3-c3ccccc32)C(C)C)cc1I. The van der Waals surface area contributed by atoms with E-state index in [1.165, 1.54) is 7.11 Å². The lowest BCUT2D eigenvalue weighted by molar-refractivity contribution is -0.128. The van der Waals surface area contributed by atoms with Gasteiger partial charge in [-0.2, -0.15) is 0 Å². The van der Waals surface area contributed by atoms with Gasteiger partial charge in [-0.15, -0.1) is 0 Å². The third-order valence-corrected chi connectivity index (χ3v) is 7.85. The predicted octanol–water partition coefficient (Wildman–Crippen LogP) is 5.08. The Morgan fingerprint density at radius 3 is 2.02 bits per heavy atom. The summed E-state index contributed by atoms with van der Waals surface area (Å²) in [5, 5.41) is 8.05. The van der Waals surface area contributed by atoms with E-state index < -0.39 is 36.0 Å². The van der Waals surface area contributed by atoms with E-state index in [0.717, 1.165) is 22.3 Å². The van der Waals surface area contributed by atoms with Gasteiger partial charge < -0.3 is 25.4 Å². The van der Waals surface area contributed by atoms with E-state index in [2.05, 4.69) is 28.1 Å². The first kappa shape index (κ1) is 30.0. The molecule has 3 aromatic carbocycles. The number of esters is 1. The summed E-state index contributed by atoms with van der Waals surface area (Å²) in [5.41, 5.74) is 5.27. The van der Waals surface area contributed by atoms with Gasteiger partial charge in [0, 0.05) is 15.2 Å². The molecule has 10 heteroatoms. The minimum Gasteiger partial charge on any atom is -0.465 e. The van der Waals surface area contributed by atoms with Gasteiger partial charge in [-0.25, -0.2) is 9.59 Å². The number of methoxy groups -OCH3 is 1. The van der Waals surface area contributed by atoms with Crippen molar-refractivity contribution in [3.63, 3.8) is 0 Å². The van der Waals surface area contributed by atoms with Crippen LogP contribution in [0.3, 0.4) is 0 Å². The number of carbonyl (C=O) groups is 4. The van der Waals surface area contributed by atoms with Crippen LogP contribution in [0.25, 0.3) is 11.1 Å². The summed E-state index contributed by atoms with van der Waals surface area (Å²) >= 11 is 1.98. The number of alkyl carbamates (subject to hydrolysis) is 1. The summed E-state index contributed by atoms with van der Waals surface area (Å²) in [6.45, 7) is 5.26. The van der Waals surface area contributed by atoms with Gasteiger partial charge in [0.15, 0.2) is 0 Å². The monoisotopic (exact) mass is 669 g/mol. The minimum atomic E-state index is -0.916. The molecule has 2 atom stereocenters. The number of hydrogen-bond acceptors (Lipinski definition) is 6. The normalized spacial score (nSPS) is 13.4. The summed E-state index contributed by atoms with van der Waals surface area (Å²) in [6, 6.07) is 19.0. The van der Waals surface area contributed by atoms with Crippen LogP contribution < -0.4 is 16.0 Å². The maximum absolute atomic E-state index is 13.1. The molecule has 0 fully saturated rings. The standard InChI is InChI=1S/C31H32IN3O6/c1-17(2)27(29(37)33-18(3)28(36)34-19-13-14-24(26(32)15-19)30(38)40-4)35-31(39)41-16-25-22-11-7-5-9-20(22)21-10-6-8-12-23(21)25/h5-15,17-18,25,27H,16H2,1-4H3,(H,33,37)(H,34,36)(H,35,39)/t18-,27-/m0/s1. The predicted molar refractivity (Wildman–Crippen MR) is 164 cm³/mol. The quantitative estimate of drug-likeness (QED) is 0.216. The van der Waals surface area contributed by atoms with Gasteiger partial charge in [0.2, 0.25) is 11.8 Å². The summed E-state index contributed by atoms with van der Waals surface area (Å²) in [4.78, 5) is 50.4. The second-order valence-electron chi connectivity index (χ2n) is 10.1. The molecule has 214 valence electrons. The van der Waals surface area contributed by atoms with Crippen molar-refractivity contribution in [2.24, 2.45) is 5.92 Å². The number of ether oxygens (including phenoxy) is 2. The molecule has 0 saturated carbocycles. The number of rotatable bonds is 9. The Balaban J connectivity index is 1.34. The van der Waals surface area contributed by atoms with Crippen molar-refractivity contribution in [1.82, 2.24) is 10.6 Å². The average Bonchev–Trinajstić information content (AvgIpc) is 3.27. The van der Waals surface area contributed by atoms with E-state index in [-0.39, 0.29) is 18.4 Å². The number of hydrogen-bond donors (Lipinski definition) is 3. The summed E-state index contributed by atoms with van der Waals surface area (Å²) < 4.78 is 11.0. The molecule has 9 nitrogen and oxygen atoms in total. The molecule has 0 unspecified atom stereocenters. The Kier molecular flexibility index (Phi) is 9.64. The van der Waals surface area contributed by atoms with Crippen molar-refractivity contribution in [2.45, 2.75) is 38.8 Å². The molecule has 0 bridgehead atoms. The molecular formula is C31H32IN3O6. The van der Waals surface area contributed by atoms with E-state index in [1.54, 1.807) is 39.0 Å². The maximum Gasteiger partial charge on any atom is 0.407 e. The van der Waals surface area contributed by atoms with Crippen LogP contribution in [-0.2, 0) is 19.1 Å². The minimum absolute atomic E-state index is 0.104. The molecule has 0 spiro atoms. The zero-order valence-electron chi connectivity index (χ0n) is 23.2. The van der Waals surface area contributed by atoms with Crippen LogP contribution in [0.5, 0.6) is 0 Å². The summed E-state index contributed by atoms with van der Waals surface area (Å²) in [7, 11) is 1.30. The Bertz CT molecular complexity index is 1430. The number of carbonyl (C=O) groups excluding carboxylic acids is 4. The molecule has 0 aromatic heterocycles. The van der Waals surface area contributed by atoms with Gasteiger partial charge >= 0.3 is 12.1 Å². The first-order chi connectivity index (χ1) is 19.6.